The van der Waals surface area contributed by atoms with Gasteiger partial charge in [0.2, 0.25) is 0 Å². The number of esters is 1. The summed E-state index contributed by atoms with van der Waals surface area (Å²) >= 11 is 0. The molecule has 3 fully saturated rings. The molecule has 4 aliphatic heterocycles. The summed E-state index contributed by atoms with van der Waals surface area (Å²) < 4.78 is 19.1. The molecule has 4 heterocycles. The average Bonchev–Trinajstić information content (AvgIpc) is 3.12. The van der Waals surface area contributed by atoms with Gasteiger partial charge in [-0.25, -0.2) is 0 Å². The molecule has 298 valence electrons. The van der Waals surface area contributed by atoms with Crippen LogP contribution in [0.2, 0.25) is 0 Å². The van der Waals surface area contributed by atoms with Crippen molar-refractivity contribution in [1.82, 2.24) is 14.7 Å². The van der Waals surface area contributed by atoms with Gasteiger partial charge in [0.25, 0.3) is 0 Å². The Morgan fingerprint density at radius 2 is 1.54 bits per heavy atom. The highest BCUT2D eigenvalue weighted by atomic mass is 16.7. The van der Waals surface area contributed by atoms with Crippen LogP contribution in [0.25, 0.3) is 0 Å². The largest absolute Gasteiger partial charge is 0.462 e. The monoisotopic (exact) mass is 734 g/mol. The summed E-state index contributed by atoms with van der Waals surface area (Å²) in [7, 11) is 3.60. The van der Waals surface area contributed by atoms with E-state index in [2.05, 4.69) is 15.9 Å². The number of likely N-dealkylation sites (tertiary alicyclic amines) is 2. The number of nitrogens with zero attached hydrogens (tertiary/aromatic N) is 3. The molecule has 0 spiro atoms. The van der Waals surface area contributed by atoms with Crippen LogP contribution >= 0.6 is 0 Å². The number of rotatable bonds is 9. The first-order chi connectivity index (χ1) is 24.8. The molecule has 3 N–H and O–H groups in total. The first-order valence-electron chi connectivity index (χ1n) is 20.3. The SMILES string of the molecule is CC[C@H]1OC(=O)C[C@@H](O)[C@H](C)[C@@H](O[C@@H]2O[C@H](C)[C@H](O)[C@@H](N(C)C)[C@@H]2O)[C@@H](CCN2CCCCC2)C[C@@H](C)C(=O)/C=C/C(C)=C/[C@@H]1CN1CCCCC1. The third kappa shape index (κ3) is 12.2. The van der Waals surface area contributed by atoms with Gasteiger partial charge in [0.15, 0.2) is 12.1 Å². The number of aliphatic hydroxyl groups is 3. The topological polar surface area (TPSA) is 132 Å². The molecular formula is C41H71N3O8. The number of cyclic esters (lactones) is 1. The summed E-state index contributed by atoms with van der Waals surface area (Å²) in [6.45, 7) is 15.3. The number of ether oxygens (including phenoxy) is 3. The summed E-state index contributed by atoms with van der Waals surface area (Å²) in [4.78, 5) is 34.1. The van der Waals surface area contributed by atoms with E-state index >= 15 is 0 Å². The molecule has 4 rings (SSSR count). The Morgan fingerprint density at radius 1 is 0.904 bits per heavy atom. The fourth-order valence-corrected chi connectivity index (χ4v) is 8.83. The number of hydrogen-bond acceptors (Lipinski definition) is 11. The second-order valence-electron chi connectivity index (χ2n) is 16.6. The average molecular weight is 734 g/mol. The first kappa shape index (κ1) is 43.0. The van der Waals surface area contributed by atoms with E-state index in [1.165, 1.54) is 12.8 Å². The van der Waals surface area contributed by atoms with Gasteiger partial charge in [0.05, 0.1) is 36.9 Å². The lowest BCUT2D eigenvalue weighted by molar-refractivity contribution is -0.304. The fraction of sp³-hybridized carbons (Fsp3) is 0.854. The van der Waals surface area contributed by atoms with Gasteiger partial charge in [0.1, 0.15) is 12.2 Å². The summed E-state index contributed by atoms with van der Waals surface area (Å²) in [5.74, 6) is -1.58. The lowest BCUT2D eigenvalue weighted by atomic mass is 9.79. The van der Waals surface area contributed by atoms with Gasteiger partial charge in [0, 0.05) is 24.3 Å². The molecule has 0 radical (unpaired) electrons. The molecule has 0 unspecified atom stereocenters. The number of allylic oxidation sites excluding steroid dienone is 3. The highest BCUT2D eigenvalue weighted by Crippen LogP contribution is 2.35. The van der Waals surface area contributed by atoms with Crippen LogP contribution in [0.1, 0.15) is 98.8 Å². The molecule has 0 bridgehead atoms. The number of carbonyl (C=O) groups excluding carboxylic acids is 2. The molecule has 11 nitrogen and oxygen atoms in total. The van der Waals surface area contributed by atoms with Gasteiger partial charge in [-0.05, 0) is 118 Å². The molecule has 0 amide bonds. The fourth-order valence-electron chi connectivity index (χ4n) is 8.83. The Bertz CT molecular complexity index is 1170. The third-order valence-corrected chi connectivity index (χ3v) is 12.1. The molecule has 11 heteroatoms. The predicted octanol–water partition coefficient (Wildman–Crippen LogP) is 4.18. The number of aliphatic hydroxyl groups excluding tert-OH is 3. The smallest absolute Gasteiger partial charge is 0.308 e. The number of likely N-dealkylation sites (N-methyl/N-ethyl adjacent to an activating group) is 1. The van der Waals surface area contributed by atoms with Gasteiger partial charge in [-0.3, -0.25) is 9.59 Å². The van der Waals surface area contributed by atoms with Gasteiger partial charge in [-0.15, -0.1) is 0 Å². The minimum atomic E-state index is -1.17. The Morgan fingerprint density at radius 3 is 2.15 bits per heavy atom. The number of carbonyl (C=O) groups is 2. The minimum absolute atomic E-state index is 0.0270. The third-order valence-electron chi connectivity index (χ3n) is 12.1. The summed E-state index contributed by atoms with van der Waals surface area (Å²) in [5, 5.41) is 34.2. The Hall–Kier alpha value is -1.70. The Kier molecular flexibility index (Phi) is 17.2. The van der Waals surface area contributed by atoms with Crippen molar-refractivity contribution in [2.24, 2.45) is 23.7 Å². The summed E-state index contributed by atoms with van der Waals surface area (Å²) in [6.07, 6.45) is 8.49. The maximum Gasteiger partial charge on any atom is 0.308 e. The van der Waals surface area contributed by atoms with Crippen molar-refractivity contribution in [3.05, 3.63) is 23.8 Å². The van der Waals surface area contributed by atoms with E-state index in [-0.39, 0.29) is 36.1 Å². The molecule has 4 aliphatic rings. The van der Waals surface area contributed by atoms with Crippen molar-refractivity contribution in [3.8, 4) is 0 Å². The lowest BCUT2D eigenvalue weighted by Crippen LogP contribution is -2.63. The van der Waals surface area contributed by atoms with Crippen LogP contribution < -0.4 is 0 Å². The van der Waals surface area contributed by atoms with Crippen molar-refractivity contribution in [3.63, 3.8) is 0 Å². The van der Waals surface area contributed by atoms with Gasteiger partial charge in [-0.1, -0.05) is 51.3 Å². The van der Waals surface area contributed by atoms with Crippen LogP contribution in [-0.2, 0) is 23.8 Å². The molecule has 0 aromatic heterocycles. The van der Waals surface area contributed by atoms with Crippen molar-refractivity contribution < 1.29 is 39.1 Å². The zero-order valence-electron chi connectivity index (χ0n) is 33.2. The van der Waals surface area contributed by atoms with Crippen molar-refractivity contribution in [2.45, 2.75) is 148 Å². The van der Waals surface area contributed by atoms with E-state index in [9.17, 15) is 24.9 Å². The van der Waals surface area contributed by atoms with E-state index in [1.807, 2.05) is 33.8 Å². The van der Waals surface area contributed by atoms with Crippen LogP contribution in [0, 0.1) is 23.7 Å². The van der Waals surface area contributed by atoms with Crippen LogP contribution in [-0.4, -0.2) is 144 Å². The normalized spacial score (nSPS) is 40.2. The number of ketones is 1. The quantitative estimate of drug-likeness (QED) is 0.295. The van der Waals surface area contributed by atoms with E-state index in [0.717, 1.165) is 70.5 Å². The molecule has 0 aliphatic carbocycles. The van der Waals surface area contributed by atoms with Gasteiger partial charge in [-0.2, -0.15) is 0 Å². The van der Waals surface area contributed by atoms with Crippen LogP contribution in [0.4, 0.5) is 0 Å². The maximum atomic E-state index is 13.8. The molecular weight excluding hydrogens is 662 g/mol. The number of hydrogen-bond donors (Lipinski definition) is 3. The highest BCUT2D eigenvalue weighted by Gasteiger charge is 2.47. The second kappa shape index (κ2) is 20.8. The molecule has 12 atom stereocenters. The lowest BCUT2D eigenvalue weighted by Gasteiger charge is -2.47. The van der Waals surface area contributed by atoms with E-state index in [0.29, 0.717) is 19.3 Å². The Labute approximate surface area is 313 Å². The van der Waals surface area contributed by atoms with Crippen LogP contribution in [0.15, 0.2) is 23.8 Å². The van der Waals surface area contributed by atoms with Gasteiger partial charge < -0.3 is 44.2 Å². The minimum Gasteiger partial charge on any atom is -0.462 e. The molecule has 52 heavy (non-hydrogen) atoms. The van der Waals surface area contributed by atoms with Crippen molar-refractivity contribution in [2.75, 3.05) is 53.4 Å². The molecule has 3 saturated heterocycles. The summed E-state index contributed by atoms with van der Waals surface area (Å²) in [5.41, 5.74) is 0.954. The van der Waals surface area contributed by atoms with Crippen LogP contribution in [0.3, 0.4) is 0 Å². The first-order valence-corrected chi connectivity index (χ1v) is 20.3. The zero-order valence-corrected chi connectivity index (χ0v) is 33.2. The van der Waals surface area contributed by atoms with Gasteiger partial charge >= 0.3 is 5.97 Å². The Balaban J connectivity index is 1.68. The molecule has 0 saturated carbocycles. The predicted molar refractivity (Wildman–Crippen MR) is 203 cm³/mol. The standard InChI is InChI=1S/C41H71N3O8/c1-8-35-32(26-44-20-13-10-14-21-44)23-27(2)15-16-33(45)28(3)24-31(17-22-43-18-11-9-12-19-43)40(29(4)34(46)25-36(47)51-35)52-41-39(49)37(42(6)7)38(48)30(5)50-41/h15-16,23,28-32,34-35,37-41,46,48-49H,8-14,17-22,24-26H2,1-7H3/b16-15+,27-23+/t28-,29+,30-,31+,32-,34-,35-,37-,38+,39+,40-,41+/m1/s1. The zero-order chi connectivity index (χ0) is 37.9. The van der Waals surface area contributed by atoms with E-state index in [1.54, 1.807) is 32.0 Å². The second-order valence-corrected chi connectivity index (χ2v) is 16.6. The van der Waals surface area contributed by atoms with Crippen molar-refractivity contribution >= 4 is 11.8 Å². The van der Waals surface area contributed by atoms with Crippen LogP contribution in [0.5, 0.6) is 0 Å². The molecule has 0 aromatic carbocycles. The van der Waals surface area contributed by atoms with Crippen molar-refractivity contribution in [1.29, 1.82) is 0 Å². The maximum absolute atomic E-state index is 13.8. The highest BCUT2D eigenvalue weighted by molar-refractivity contribution is 5.91. The summed E-state index contributed by atoms with van der Waals surface area (Å²) in [6, 6.07) is -0.632. The van der Waals surface area contributed by atoms with E-state index < -0.39 is 54.7 Å². The molecule has 0 aromatic rings. The number of piperidine rings is 2. The van der Waals surface area contributed by atoms with E-state index in [4.69, 9.17) is 14.2 Å².